The Hall–Kier alpha value is -10.6. The standard InChI is InChI=1S/C23H20BClFNO3.C15H14BFO.C15H12BFO.2C14H11BClFO.C14H11BF2O/c25-22-9-6-19(24-21-8-7-20(26)13-17(21)15-30-24)12-18(22)14-29-23(28)27-11-10-16-4-2-1-3-5-16;1-10-4-3-5-11(2)15(10)16-14-7-6-13(17)8-12(14)9-18-16;17-14-6-7-15-13(10-14)11-18-16(15)9-8-12-4-2-1-3-5-12;1-9-6-11(16)2-4-13(9)15-14-5-3-12(17)7-10(14)8-18-15;1-9-2-3-11(16)7-14(9)15-13-5-4-12(17)6-10(13)8-18-15;1-9-2-3-12(17)7-14(9)15-13-5-4-11(16)6-10(13)8-18-15/h1-9,12-13H,10-11,14-15H2,(H,27,28);3-8H,9H2,1-2H3;1-10H,11H2;3*2-7H,8H2,1H3/b;;9-8+;;;. The average Bonchev–Trinajstić information content (AvgIpc) is 1.65. The van der Waals surface area contributed by atoms with Gasteiger partial charge in [-0.25, -0.2) is 35.5 Å². The van der Waals surface area contributed by atoms with Crippen LogP contribution in [0.15, 0.2) is 267 Å². The highest BCUT2D eigenvalue weighted by molar-refractivity contribution is 6.84. The Labute approximate surface area is 711 Å². The number of nitrogens with one attached hydrogen (secondary N) is 1. The van der Waals surface area contributed by atoms with Crippen molar-refractivity contribution in [1.29, 1.82) is 0 Å². The first-order valence-corrected chi connectivity index (χ1v) is 40.4. The molecule has 0 fully saturated rings. The molecule has 1 N–H and O–H groups in total. The molecule has 13 aromatic carbocycles. The van der Waals surface area contributed by atoms with E-state index in [-0.39, 0.29) is 88.8 Å². The maximum Gasteiger partial charge on any atom is 0.407 e. The second kappa shape index (κ2) is 39.7. The number of halogens is 10. The van der Waals surface area contributed by atoms with Gasteiger partial charge in [0.15, 0.2) is 0 Å². The second-order valence-electron chi connectivity index (χ2n) is 29.9. The van der Waals surface area contributed by atoms with Gasteiger partial charge in [0.1, 0.15) is 47.3 Å². The number of hydrogen-bond acceptors (Lipinski definition) is 8. The van der Waals surface area contributed by atoms with Crippen molar-refractivity contribution in [2.75, 3.05) is 6.54 Å². The van der Waals surface area contributed by atoms with Crippen LogP contribution in [-0.4, -0.2) is 54.1 Å². The van der Waals surface area contributed by atoms with E-state index in [0.717, 1.165) is 122 Å². The van der Waals surface area contributed by atoms with Crippen molar-refractivity contribution >= 4 is 149 Å². The zero-order chi connectivity index (χ0) is 84.1. The van der Waals surface area contributed by atoms with Gasteiger partial charge in [-0.15, -0.1) is 0 Å². The Balaban J connectivity index is 0.000000119. The van der Waals surface area contributed by atoms with Crippen LogP contribution in [0.3, 0.4) is 0 Å². The number of carbonyl (C=O) groups is 1. The number of amides is 1. The number of benzene rings is 13. The Morgan fingerprint density at radius 1 is 0.367 bits per heavy atom. The van der Waals surface area contributed by atoms with E-state index in [1.165, 1.54) is 83.3 Å². The zero-order valence-corrected chi connectivity index (χ0v) is 68.6. The zero-order valence-electron chi connectivity index (χ0n) is 66.4. The second-order valence-corrected chi connectivity index (χ2v) is 31.2. The molecule has 0 aromatic heterocycles. The first kappa shape index (κ1) is 85.8. The van der Waals surface area contributed by atoms with E-state index in [1.54, 1.807) is 60.7 Å². The van der Waals surface area contributed by atoms with Crippen LogP contribution in [0.4, 0.5) is 35.5 Å². The van der Waals surface area contributed by atoms with Crippen LogP contribution in [0.5, 0.6) is 0 Å². The number of fused-ring (bicyclic) bond motifs is 6. The minimum absolute atomic E-state index is 0.0485. The van der Waals surface area contributed by atoms with E-state index in [1.807, 2.05) is 148 Å². The molecular weight excluding hydrogens is 1590 g/mol. The van der Waals surface area contributed by atoms with E-state index < -0.39 is 6.09 Å². The third-order valence-electron chi connectivity index (χ3n) is 21.7. The highest BCUT2D eigenvalue weighted by Crippen LogP contribution is 2.24. The number of carbonyl (C=O) groups excluding carboxylic acids is 1. The molecule has 25 heteroatoms. The van der Waals surface area contributed by atoms with E-state index in [9.17, 15) is 35.5 Å². The fraction of sp³-hybridized carbons (Fsp3) is 0.147. The third-order valence-corrected chi connectivity index (χ3v) is 22.5. The molecule has 0 spiro atoms. The summed E-state index contributed by atoms with van der Waals surface area (Å²) < 4.78 is 132. The average molecular weight is 1670 g/mol. The van der Waals surface area contributed by atoms with Gasteiger partial charge in [-0.1, -0.05) is 220 Å². The van der Waals surface area contributed by atoms with Crippen LogP contribution in [0.25, 0.3) is 6.08 Å². The summed E-state index contributed by atoms with van der Waals surface area (Å²) in [5.41, 5.74) is 25.1. The van der Waals surface area contributed by atoms with Gasteiger partial charge in [-0.3, -0.25) is 0 Å². The van der Waals surface area contributed by atoms with Crippen molar-refractivity contribution in [3.8, 4) is 0 Å². The van der Waals surface area contributed by atoms with Crippen LogP contribution in [0.2, 0.25) is 15.1 Å². The first-order valence-electron chi connectivity index (χ1n) is 39.2. The molecule has 600 valence electrons. The smallest absolute Gasteiger partial charge is 0.407 e. The van der Waals surface area contributed by atoms with Crippen molar-refractivity contribution in [1.82, 2.24) is 5.32 Å². The number of hydrogen-bond donors (Lipinski definition) is 1. The van der Waals surface area contributed by atoms with Crippen LogP contribution in [-0.2, 0) is 85.3 Å². The number of ether oxygens (including phenoxy) is 1. The first-order chi connectivity index (χ1) is 58.0. The highest BCUT2D eigenvalue weighted by atomic mass is 35.5. The highest BCUT2D eigenvalue weighted by Gasteiger charge is 2.37. The normalized spacial score (nSPS) is 13.6. The molecule has 0 unspecified atom stereocenters. The van der Waals surface area contributed by atoms with E-state index >= 15 is 0 Å². The number of aryl methyl sites for hydroxylation is 5. The van der Waals surface area contributed by atoms with Gasteiger partial charge in [-0.2, -0.15) is 0 Å². The quantitative estimate of drug-likeness (QED) is 0.0955. The predicted octanol–water partition coefficient (Wildman–Crippen LogP) is 15.2. The van der Waals surface area contributed by atoms with Gasteiger partial charge in [0, 0.05) is 27.2 Å². The summed E-state index contributed by atoms with van der Waals surface area (Å²) in [7, 11) is 0. The third kappa shape index (κ3) is 21.2. The van der Waals surface area contributed by atoms with Crippen molar-refractivity contribution in [2.24, 2.45) is 0 Å². The lowest BCUT2D eigenvalue weighted by Gasteiger charge is -2.13. The minimum atomic E-state index is -0.495. The summed E-state index contributed by atoms with van der Waals surface area (Å²) in [5, 5.41) is 4.66. The minimum Gasteiger partial charge on any atom is -0.445 e. The molecule has 19 rings (SSSR count). The molecule has 6 aliphatic heterocycles. The van der Waals surface area contributed by atoms with Crippen molar-refractivity contribution in [2.45, 2.75) is 87.3 Å². The molecule has 6 heterocycles. The van der Waals surface area contributed by atoms with Gasteiger partial charge in [-0.05, 0) is 261 Å². The van der Waals surface area contributed by atoms with Gasteiger partial charge < -0.3 is 38.0 Å². The molecule has 0 aliphatic carbocycles. The molecule has 0 radical (unpaired) electrons. The van der Waals surface area contributed by atoms with Crippen LogP contribution >= 0.6 is 34.8 Å². The van der Waals surface area contributed by atoms with Crippen LogP contribution < -0.4 is 65.4 Å². The maximum absolute atomic E-state index is 13.4. The maximum atomic E-state index is 13.4. The van der Waals surface area contributed by atoms with E-state index in [2.05, 4.69) is 37.4 Å². The van der Waals surface area contributed by atoms with Gasteiger partial charge in [0.25, 0.3) is 0 Å². The Morgan fingerprint density at radius 2 is 0.767 bits per heavy atom. The van der Waals surface area contributed by atoms with E-state index in [0.29, 0.717) is 66.8 Å². The molecule has 0 bridgehead atoms. The lowest BCUT2D eigenvalue weighted by molar-refractivity contribution is 0.140. The number of rotatable bonds is 12. The summed E-state index contributed by atoms with van der Waals surface area (Å²) in [5.74, 6) is 0.348. The molecule has 0 saturated heterocycles. The molecule has 6 aliphatic rings. The Kier molecular flexibility index (Phi) is 28.4. The Morgan fingerprint density at radius 3 is 1.29 bits per heavy atom. The fourth-order valence-corrected chi connectivity index (χ4v) is 16.1. The molecule has 0 atom stereocenters. The number of alkyl carbamates (subject to hydrolysis) is 1. The van der Waals surface area contributed by atoms with Crippen molar-refractivity contribution < 1.29 is 68.2 Å². The fourth-order valence-electron chi connectivity index (χ4n) is 15.5. The van der Waals surface area contributed by atoms with Crippen molar-refractivity contribution in [3.63, 3.8) is 0 Å². The molecule has 120 heavy (non-hydrogen) atoms. The summed E-state index contributed by atoms with van der Waals surface area (Å²) in [4.78, 5) is 12.0. The molecule has 13 aromatic rings. The Bertz CT molecular complexity index is 5780. The largest absolute Gasteiger partial charge is 0.445 e. The topological polar surface area (TPSA) is 93.7 Å². The van der Waals surface area contributed by atoms with Gasteiger partial charge in [0.2, 0.25) is 0 Å². The summed E-state index contributed by atoms with van der Waals surface area (Å²) in [6, 6.07) is 76.5. The SMILES string of the molecule is Cc1cc(Cl)ccc1B1OCc2cc(F)ccc21.Cc1ccc(Cl)cc1B1OCc2cc(F)ccc21.Cc1ccc(F)cc1B1OCc2cc(F)ccc21.Cc1cccc(C)c1B1OCc2cc(F)ccc21.Fc1ccc2c(c1)COB2/C=C/c1ccccc1.O=C(NCCc1ccccc1)OCc1cc(B2OCc3cc(F)ccc32)ccc1Cl. The van der Waals surface area contributed by atoms with Crippen LogP contribution in [0, 0.1) is 75.3 Å². The summed E-state index contributed by atoms with van der Waals surface area (Å²) in [6.07, 6.45) is 2.26. The van der Waals surface area contributed by atoms with Gasteiger partial charge >= 0.3 is 47.6 Å². The molecule has 0 saturated carbocycles. The lowest BCUT2D eigenvalue weighted by atomic mass is 9.53. The van der Waals surface area contributed by atoms with Crippen molar-refractivity contribution in [3.05, 3.63) is 401 Å². The molecule has 9 nitrogen and oxygen atoms in total. The molecule has 1 amide bonds. The summed E-state index contributed by atoms with van der Waals surface area (Å²) >= 11 is 18.3. The predicted molar refractivity (Wildman–Crippen MR) is 472 cm³/mol. The molecular formula is C95H79B6Cl3F7NO8. The monoisotopic (exact) mass is 1670 g/mol. The van der Waals surface area contributed by atoms with Gasteiger partial charge in [0.05, 0.1) is 39.6 Å². The van der Waals surface area contributed by atoms with E-state index in [4.69, 9.17) is 67.5 Å². The lowest BCUT2D eigenvalue weighted by Crippen LogP contribution is -2.44. The summed E-state index contributed by atoms with van der Waals surface area (Å²) in [6.45, 7) is 12.3. The van der Waals surface area contributed by atoms with Crippen LogP contribution in [0.1, 0.15) is 77.9 Å².